The van der Waals surface area contributed by atoms with Crippen molar-refractivity contribution in [1.82, 2.24) is 5.32 Å². The maximum atomic E-state index is 6.03. The van der Waals surface area contributed by atoms with E-state index >= 15 is 0 Å². The number of hydrogen-bond acceptors (Lipinski definition) is 1. The molecule has 0 saturated carbocycles. The van der Waals surface area contributed by atoms with Crippen LogP contribution in [0.2, 0.25) is 10.0 Å². The van der Waals surface area contributed by atoms with Crippen molar-refractivity contribution in [2.45, 2.75) is 25.4 Å². The quantitative estimate of drug-likeness (QED) is 0.859. The summed E-state index contributed by atoms with van der Waals surface area (Å²) >= 11 is 12.0. The van der Waals surface area contributed by atoms with Gasteiger partial charge in [0.2, 0.25) is 0 Å². The SMILES string of the molecule is Clc1ccc(CNC2CCc3ccccc32)cc1Cl. The average Bonchev–Trinajstić information content (AvgIpc) is 2.83. The van der Waals surface area contributed by atoms with Crippen LogP contribution in [0.5, 0.6) is 0 Å². The Hall–Kier alpha value is -1.02. The number of nitrogens with one attached hydrogen (secondary N) is 1. The number of halogens is 2. The van der Waals surface area contributed by atoms with E-state index in [2.05, 4.69) is 29.6 Å². The summed E-state index contributed by atoms with van der Waals surface area (Å²) in [5.74, 6) is 0. The molecule has 0 heterocycles. The molecule has 0 saturated heterocycles. The molecular formula is C16H15Cl2N. The van der Waals surface area contributed by atoms with Crippen LogP contribution in [0.4, 0.5) is 0 Å². The fraction of sp³-hybridized carbons (Fsp3) is 0.250. The Kier molecular flexibility index (Phi) is 3.79. The average molecular weight is 292 g/mol. The van der Waals surface area contributed by atoms with E-state index in [1.807, 2.05) is 18.2 Å². The van der Waals surface area contributed by atoms with Gasteiger partial charge in [0, 0.05) is 12.6 Å². The minimum atomic E-state index is 0.450. The fourth-order valence-electron chi connectivity index (χ4n) is 2.66. The maximum absolute atomic E-state index is 6.03. The van der Waals surface area contributed by atoms with Crippen LogP contribution in [-0.4, -0.2) is 0 Å². The van der Waals surface area contributed by atoms with Gasteiger partial charge < -0.3 is 5.32 Å². The van der Waals surface area contributed by atoms with Gasteiger partial charge in [-0.05, 0) is 41.7 Å². The minimum Gasteiger partial charge on any atom is -0.306 e. The third kappa shape index (κ3) is 2.79. The zero-order chi connectivity index (χ0) is 13.2. The second kappa shape index (κ2) is 5.54. The lowest BCUT2D eigenvalue weighted by Gasteiger charge is -2.14. The molecule has 0 aliphatic heterocycles. The van der Waals surface area contributed by atoms with Crippen LogP contribution in [0.15, 0.2) is 42.5 Å². The second-order valence-electron chi connectivity index (χ2n) is 4.92. The van der Waals surface area contributed by atoms with Crippen LogP contribution in [0.25, 0.3) is 0 Å². The largest absolute Gasteiger partial charge is 0.306 e. The Morgan fingerprint density at radius 2 is 1.89 bits per heavy atom. The Morgan fingerprint density at radius 3 is 2.74 bits per heavy atom. The molecule has 1 atom stereocenters. The van der Waals surface area contributed by atoms with Crippen LogP contribution in [0.3, 0.4) is 0 Å². The van der Waals surface area contributed by atoms with Crippen molar-refractivity contribution in [3.05, 3.63) is 69.2 Å². The van der Waals surface area contributed by atoms with Gasteiger partial charge in [-0.3, -0.25) is 0 Å². The van der Waals surface area contributed by atoms with Crippen molar-refractivity contribution in [2.75, 3.05) is 0 Å². The summed E-state index contributed by atoms with van der Waals surface area (Å²) in [6, 6.07) is 14.9. The summed E-state index contributed by atoms with van der Waals surface area (Å²) in [6.07, 6.45) is 2.33. The number of hydrogen-bond donors (Lipinski definition) is 1. The van der Waals surface area contributed by atoms with Crippen LogP contribution in [-0.2, 0) is 13.0 Å². The van der Waals surface area contributed by atoms with E-state index in [0.717, 1.165) is 13.0 Å². The molecule has 0 amide bonds. The molecule has 0 aromatic heterocycles. The number of aryl methyl sites for hydroxylation is 1. The van der Waals surface area contributed by atoms with Gasteiger partial charge in [0.15, 0.2) is 0 Å². The molecule has 2 aromatic carbocycles. The number of rotatable bonds is 3. The predicted molar refractivity (Wildman–Crippen MR) is 80.8 cm³/mol. The summed E-state index contributed by atoms with van der Waals surface area (Å²) in [5, 5.41) is 4.83. The Balaban J connectivity index is 1.69. The number of fused-ring (bicyclic) bond motifs is 1. The summed E-state index contributed by atoms with van der Waals surface area (Å²) in [4.78, 5) is 0. The molecule has 1 nitrogen and oxygen atoms in total. The van der Waals surface area contributed by atoms with Gasteiger partial charge >= 0.3 is 0 Å². The predicted octanol–water partition coefficient (Wildman–Crippen LogP) is 4.77. The first kappa shape index (κ1) is 13.0. The lowest BCUT2D eigenvalue weighted by atomic mass is 10.1. The van der Waals surface area contributed by atoms with Gasteiger partial charge in [-0.25, -0.2) is 0 Å². The second-order valence-corrected chi connectivity index (χ2v) is 5.73. The maximum Gasteiger partial charge on any atom is 0.0595 e. The first-order valence-electron chi connectivity index (χ1n) is 6.49. The normalized spacial score (nSPS) is 17.5. The van der Waals surface area contributed by atoms with Gasteiger partial charge in [-0.15, -0.1) is 0 Å². The Morgan fingerprint density at radius 1 is 1.05 bits per heavy atom. The lowest BCUT2D eigenvalue weighted by Crippen LogP contribution is -2.18. The Bertz CT molecular complexity index is 595. The molecule has 0 fully saturated rings. The zero-order valence-corrected chi connectivity index (χ0v) is 12.0. The van der Waals surface area contributed by atoms with Gasteiger partial charge in [-0.1, -0.05) is 53.5 Å². The lowest BCUT2D eigenvalue weighted by molar-refractivity contribution is 0.530. The highest BCUT2D eigenvalue weighted by molar-refractivity contribution is 6.42. The summed E-state index contributed by atoms with van der Waals surface area (Å²) < 4.78 is 0. The molecule has 2 aromatic rings. The van der Waals surface area contributed by atoms with Crippen LogP contribution in [0.1, 0.15) is 29.2 Å². The summed E-state index contributed by atoms with van der Waals surface area (Å²) in [6.45, 7) is 0.815. The zero-order valence-electron chi connectivity index (χ0n) is 10.5. The molecule has 3 rings (SSSR count). The number of benzene rings is 2. The van der Waals surface area contributed by atoms with Crippen LogP contribution >= 0.6 is 23.2 Å². The van der Waals surface area contributed by atoms with Crippen molar-refractivity contribution >= 4 is 23.2 Å². The first-order chi connectivity index (χ1) is 9.24. The third-order valence-electron chi connectivity index (χ3n) is 3.67. The van der Waals surface area contributed by atoms with E-state index in [4.69, 9.17) is 23.2 Å². The van der Waals surface area contributed by atoms with Crippen molar-refractivity contribution in [3.63, 3.8) is 0 Å². The first-order valence-corrected chi connectivity index (χ1v) is 7.25. The highest BCUT2D eigenvalue weighted by Gasteiger charge is 2.20. The molecule has 98 valence electrons. The third-order valence-corrected chi connectivity index (χ3v) is 4.41. The fourth-order valence-corrected chi connectivity index (χ4v) is 2.98. The van der Waals surface area contributed by atoms with Crippen LogP contribution in [0, 0.1) is 0 Å². The monoisotopic (exact) mass is 291 g/mol. The van der Waals surface area contributed by atoms with Gasteiger partial charge in [-0.2, -0.15) is 0 Å². The molecule has 0 bridgehead atoms. The Labute approximate surface area is 123 Å². The van der Waals surface area contributed by atoms with E-state index in [0.29, 0.717) is 16.1 Å². The molecular weight excluding hydrogens is 277 g/mol. The van der Waals surface area contributed by atoms with Crippen LogP contribution < -0.4 is 5.32 Å². The highest BCUT2D eigenvalue weighted by Crippen LogP contribution is 2.31. The summed E-state index contributed by atoms with van der Waals surface area (Å²) in [5.41, 5.74) is 4.07. The van der Waals surface area contributed by atoms with Crippen molar-refractivity contribution in [3.8, 4) is 0 Å². The molecule has 1 aliphatic rings. The molecule has 19 heavy (non-hydrogen) atoms. The molecule has 1 unspecified atom stereocenters. The van der Waals surface area contributed by atoms with E-state index in [-0.39, 0.29) is 0 Å². The van der Waals surface area contributed by atoms with Gasteiger partial charge in [0.25, 0.3) is 0 Å². The molecule has 0 radical (unpaired) electrons. The topological polar surface area (TPSA) is 12.0 Å². The molecule has 1 N–H and O–H groups in total. The van der Waals surface area contributed by atoms with E-state index in [1.165, 1.54) is 23.1 Å². The van der Waals surface area contributed by atoms with Gasteiger partial charge in [0.05, 0.1) is 10.0 Å². The highest BCUT2D eigenvalue weighted by atomic mass is 35.5. The molecule has 1 aliphatic carbocycles. The summed E-state index contributed by atoms with van der Waals surface area (Å²) in [7, 11) is 0. The van der Waals surface area contributed by atoms with E-state index in [1.54, 1.807) is 0 Å². The minimum absolute atomic E-state index is 0.450. The van der Waals surface area contributed by atoms with Gasteiger partial charge in [0.1, 0.15) is 0 Å². The molecule has 0 spiro atoms. The van der Waals surface area contributed by atoms with Crippen molar-refractivity contribution < 1.29 is 0 Å². The van der Waals surface area contributed by atoms with E-state index in [9.17, 15) is 0 Å². The smallest absolute Gasteiger partial charge is 0.0595 e. The standard InChI is InChI=1S/C16H15Cl2N/c17-14-7-5-11(9-15(14)18)10-19-16-8-6-12-3-1-2-4-13(12)16/h1-5,7,9,16,19H,6,8,10H2. The molecule has 3 heteroatoms. The van der Waals surface area contributed by atoms with E-state index < -0.39 is 0 Å². The van der Waals surface area contributed by atoms with Crippen molar-refractivity contribution in [2.24, 2.45) is 0 Å². The van der Waals surface area contributed by atoms with Crippen molar-refractivity contribution in [1.29, 1.82) is 0 Å².